The average Bonchev–Trinajstić information content (AvgIpc) is 2.37. The molecule has 0 bridgehead atoms. The van der Waals surface area contributed by atoms with Crippen molar-refractivity contribution in [3.8, 4) is 0 Å². The summed E-state index contributed by atoms with van der Waals surface area (Å²) >= 11 is 0. The highest BCUT2D eigenvalue weighted by Crippen LogP contribution is 2.19. The number of aromatic nitrogens is 1. The first-order valence-electron chi connectivity index (χ1n) is 6.16. The Morgan fingerprint density at radius 3 is 2.78 bits per heavy atom. The van der Waals surface area contributed by atoms with Crippen molar-refractivity contribution >= 4 is 11.7 Å². The van der Waals surface area contributed by atoms with Gasteiger partial charge in [-0.3, -0.25) is 0 Å². The van der Waals surface area contributed by atoms with Gasteiger partial charge in [0.2, 0.25) is 0 Å². The molecular weight excluding hydrogens is 228 g/mol. The Bertz CT molecular complexity index is 431. The van der Waals surface area contributed by atoms with E-state index < -0.39 is 0 Å². The summed E-state index contributed by atoms with van der Waals surface area (Å²) in [5, 5.41) is 11.9. The van der Waals surface area contributed by atoms with Crippen molar-refractivity contribution in [2.75, 3.05) is 18.5 Å². The third-order valence-corrected chi connectivity index (χ3v) is 3.04. The number of hydrogen-bond acceptors (Lipinski definition) is 4. The number of rotatable bonds is 5. The summed E-state index contributed by atoms with van der Waals surface area (Å²) < 4.78 is 0. The molecule has 0 saturated carbocycles. The van der Waals surface area contributed by atoms with E-state index >= 15 is 0 Å². The second-order valence-electron chi connectivity index (χ2n) is 4.70. The number of pyridine rings is 1. The van der Waals surface area contributed by atoms with Crippen LogP contribution in [0.2, 0.25) is 0 Å². The molecule has 0 radical (unpaired) electrons. The number of aryl methyl sites for hydroxylation is 1. The Kier molecular flexibility index (Phi) is 4.95. The van der Waals surface area contributed by atoms with Gasteiger partial charge in [-0.25, -0.2) is 4.98 Å². The fourth-order valence-corrected chi connectivity index (χ4v) is 1.77. The van der Waals surface area contributed by atoms with Gasteiger partial charge in [-0.15, -0.1) is 0 Å². The van der Waals surface area contributed by atoms with E-state index in [1.165, 1.54) is 0 Å². The molecule has 0 aliphatic rings. The lowest BCUT2D eigenvalue weighted by atomic mass is 10.1. The minimum atomic E-state index is 0.0912. The van der Waals surface area contributed by atoms with Crippen LogP contribution in [-0.4, -0.2) is 29.6 Å². The number of amidine groups is 1. The van der Waals surface area contributed by atoms with Crippen LogP contribution in [0.25, 0.3) is 0 Å². The van der Waals surface area contributed by atoms with Gasteiger partial charge < -0.3 is 15.8 Å². The van der Waals surface area contributed by atoms with Gasteiger partial charge >= 0.3 is 0 Å². The zero-order valence-electron chi connectivity index (χ0n) is 11.5. The molecule has 3 N–H and O–H groups in total. The predicted molar refractivity (Wildman–Crippen MR) is 74.2 cm³/mol. The van der Waals surface area contributed by atoms with Gasteiger partial charge in [0, 0.05) is 19.3 Å². The van der Waals surface area contributed by atoms with Gasteiger partial charge in [-0.1, -0.05) is 25.4 Å². The lowest BCUT2D eigenvalue weighted by molar-refractivity contribution is 0.318. The minimum Gasteiger partial charge on any atom is -0.409 e. The molecule has 0 amide bonds. The fraction of sp³-hybridized carbons (Fsp3) is 0.538. The molecule has 1 unspecified atom stereocenters. The quantitative estimate of drug-likeness (QED) is 0.362. The van der Waals surface area contributed by atoms with E-state index in [2.05, 4.69) is 28.9 Å². The van der Waals surface area contributed by atoms with Crippen LogP contribution in [0.5, 0.6) is 0 Å². The summed E-state index contributed by atoms with van der Waals surface area (Å²) in [6.45, 7) is 7.16. The summed E-state index contributed by atoms with van der Waals surface area (Å²) in [6.07, 6.45) is 1.11. The third-order valence-electron chi connectivity index (χ3n) is 3.04. The van der Waals surface area contributed by atoms with Crippen LogP contribution in [-0.2, 0) is 0 Å². The van der Waals surface area contributed by atoms with Crippen LogP contribution in [0.3, 0.4) is 0 Å². The highest BCUT2D eigenvalue weighted by atomic mass is 16.4. The van der Waals surface area contributed by atoms with E-state index in [4.69, 9.17) is 10.9 Å². The number of oxime groups is 1. The van der Waals surface area contributed by atoms with E-state index in [9.17, 15) is 0 Å². The molecular formula is C13H22N4O. The van der Waals surface area contributed by atoms with Gasteiger partial charge in [0.25, 0.3) is 0 Å². The Balaban J connectivity index is 3.08. The van der Waals surface area contributed by atoms with Crippen molar-refractivity contribution in [2.45, 2.75) is 27.2 Å². The summed E-state index contributed by atoms with van der Waals surface area (Å²) in [5.41, 5.74) is 7.25. The van der Waals surface area contributed by atoms with Gasteiger partial charge in [0.1, 0.15) is 5.82 Å². The number of hydrogen-bond donors (Lipinski definition) is 2. The van der Waals surface area contributed by atoms with E-state index in [1.807, 2.05) is 26.1 Å². The molecule has 0 fully saturated rings. The lowest BCUT2D eigenvalue weighted by Crippen LogP contribution is -2.28. The normalized spacial score (nSPS) is 13.4. The first kappa shape index (κ1) is 14.3. The minimum absolute atomic E-state index is 0.0912. The molecule has 1 rings (SSSR count). The van der Waals surface area contributed by atoms with Crippen molar-refractivity contribution in [1.29, 1.82) is 0 Å². The van der Waals surface area contributed by atoms with Gasteiger partial charge in [-0.05, 0) is 25.0 Å². The lowest BCUT2D eigenvalue weighted by Gasteiger charge is -2.24. The summed E-state index contributed by atoms with van der Waals surface area (Å²) in [7, 11) is 1.97. The van der Waals surface area contributed by atoms with Gasteiger partial charge in [0.05, 0.1) is 5.56 Å². The summed E-state index contributed by atoms with van der Waals surface area (Å²) in [4.78, 5) is 6.53. The van der Waals surface area contributed by atoms with Crippen molar-refractivity contribution < 1.29 is 5.21 Å². The molecule has 0 spiro atoms. The van der Waals surface area contributed by atoms with E-state index in [0.717, 1.165) is 24.5 Å². The van der Waals surface area contributed by atoms with Crippen molar-refractivity contribution in [3.05, 3.63) is 23.4 Å². The van der Waals surface area contributed by atoms with Gasteiger partial charge in [0.15, 0.2) is 5.84 Å². The van der Waals surface area contributed by atoms with Crippen LogP contribution in [0.1, 0.15) is 31.5 Å². The van der Waals surface area contributed by atoms with E-state index in [1.54, 1.807) is 0 Å². The van der Waals surface area contributed by atoms with Gasteiger partial charge in [-0.2, -0.15) is 0 Å². The molecule has 18 heavy (non-hydrogen) atoms. The maximum Gasteiger partial charge on any atom is 0.173 e. The smallest absolute Gasteiger partial charge is 0.173 e. The second kappa shape index (κ2) is 6.23. The van der Waals surface area contributed by atoms with E-state index in [-0.39, 0.29) is 5.84 Å². The Morgan fingerprint density at radius 2 is 2.22 bits per heavy atom. The second-order valence-corrected chi connectivity index (χ2v) is 4.70. The third kappa shape index (κ3) is 3.35. The molecule has 1 heterocycles. The molecule has 1 aromatic rings. The Morgan fingerprint density at radius 1 is 1.56 bits per heavy atom. The SMILES string of the molecule is CCC(C)CN(C)c1nc(C)ccc1C(N)=NO. The van der Waals surface area contributed by atoms with Crippen molar-refractivity contribution in [1.82, 2.24) is 4.98 Å². The van der Waals surface area contributed by atoms with Crippen LogP contribution in [0, 0.1) is 12.8 Å². The molecule has 1 atom stereocenters. The molecule has 0 aliphatic carbocycles. The first-order valence-corrected chi connectivity index (χ1v) is 6.16. The number of nitrogens with zero attached hydrogens (tertiary/aromatic N) is 3. The zero-order valence-corrected chi connectivity index (χ0v) is 11.5. The Labute approximate surface area is 108 Å². The van der Waals surface area contributed by atoms with Crippen molar-refractivity contribution in [3.63, 3.8) is 0 Å². The molecule has 100 valence electrons. The van der Waals surface area contributed by atoms with Crippen molar-refractivity contribution in [2.24, 2.45) is 16.8 Å². The van der Waals surface area contributed by atoms with Crippen LogP contribution in [0.15, 0.2) is 17.3 Å². The van der Waals surface area contributed by atoms with Crippen LogP contribution in [0.4, 0.5) is 5.82 Å². The standard InChI is InChI=1S/C13H22N4O/c1-5-9(2)8-17(4)13-11(12(14)16-18)7-6-10(3)15-13/h6-7,9,18H,5,8H2,1-4H3,(H2,14,16). The summed E-state index contributed by atoms with van der Waals surface area (Å²) in [6, 6.07) is 3.69. The largest absolute Gasteiger partial charge is 0.409 e. The summed E-state index contributed by atoms with van der Waals surface area (Å²) in [5.74, 6) is 1.41. The number of nitrogens with two attached hydrogens (primary N) is 1. The maximum atomic E-state index is 8.81. The topological polar surface area (TPSA) is 74.7 Å². The maximum absolute atomic E-state index is 8.81. The highest BCUT2D eigenvalue weighted by Gasteiger charge is 2.14. The predicted octanol–water partition coefficient (Wildman–Crippen LogP) is 1.97. The first-order chi connectivity index (χ1) is 8.49. The molecule has 0 aliphatic heterocycles. The van der Waals surface area contributed by atoms with Crippen LogP contribution < -0.4 is 10.6 Å². The fourth-order valence-electron chi connectivity index (χ4n) is 1.77. The monoisotopic (exact) mass is 250 g/mol. The molecule has 5 nitrogen and oxygen atoms in total. The molecule has 0 saturated heterocycles. The molecule has 1 aromatic heterocycles. The van der Waals surface area contributed by atoms with E-state index in [0.29, 0.717) is 11.5 Å². The van der Waals surface area contributed by atoms with Crippen LogP contribution >= 0.6 is 0 Å². The average molecular weight is 250 g/mol. The number of anilines is 1. The molecule has 5 heteroatoms. The zero-order chi connectivity index (χ0) is 13.7. The highest BCUT2D eigenvalue weighted by molar-refractivity contribution is 6.01. The Hall–Kier alpha value is -1.78. The molecule has 0 aromatic carbocycles.